The molecule has 0 aliphatic carbocycles. The smallest absolute Gasteiger partial charge is 0.325 e. The summed E-state index contributed by atoms with van der Waals surface area (Å²) in [5.41, 5.74) is 0.765. The van der Waals surface area contributed by atoms with Crippen LogP contribution in [0.25, 0.3) is 0 Å². The molecule has 0 unspecified atom stereocenters. The minimum Gasteiger partial charge on any atom is -0.480 e. The maximum Gasteiger partial charge on any atom is 0.325 e. The molecular weight excluding hydrogens is 286 g/mol. The quantitative estimate of drug-likeness (QED) is 0.642. The van der Waals surface area contributed by atoms with Gasteiger partial charge in [0.1, 0.15) is 6.54 Å². The van der Waals surface area contributed by atoms with Gasteiger partial charge in [-0.05, 0) is 34.7 Å². The molecule has 0 saturated heterocycles. The van der Waals surface area contributed by atoms with E-state index in [9.17, 15) is 14.9 Å². The van der Waals surface area contributed by atoms with Gasteiger partial charge in [-0.25, -0.2) is 4.68 Å². The van der Waals surface area contributed by atoms with Gasteiger partial charge in [-0.15, -0.1) is 5.10 Å². The van der Waals surface area contributed by atoms with Crippen LogP contribution in [0.2, 0.25) is 0 Å². The summed E-state index contributed by atoms with van der Waals surface area (Å²) in [6.07, 6.45) is 0. The summed E-state index contributed by atoms with van der Waals surface area (Å²) < 4.78 is 1.12. The summed E-state index contributed by atoms with van der Waals surface area (Å²) in [6, 6.07) is 4.42. The lowest BCUT2D eigenvalue weighted by atomic mass is 10.2. The molecule has 0 bridgehead atoms. The van der Waals surface area contributed by atoms with Gasteiger partial charge in [-0.1, -0.05) is 6.07 Å². The Labute approximate surface area is 116 Å². The van der Waals surface area contributed by atoms with Crippen LogP contribution in [0.3, 0.4) is 0 Å². The summed E-state index contributed by atoms with van der Waals surface area (Å²) in [7, 11) is 0. The van der Waals surface area contributed by atoms with Crippen molar-refractivity contribution >= 4 is 23.4 Å². The fourth-order valence-corrected chi connectivity index (χ4v) is 2.30. The third kappa shape index (κ3) is 3.09. The predicted molar refractivity (Wildman–Crippen MR) is 67.4 cm³/mol. The molecule has 1 aromatic carbocycles. The first-order valence-corrected chi connectivity index (χ1v) is 6.20. The maximum absolute atomic E-state index is 10.8. The van der Waals surface area contributed by atoms with Crippen molar-refractivity contribution in [2.24, 2.45) is 0 Å². The first-order chi connectivity index (χ1) is 9.47. The standard InChI is InChI=1S/C10H9N5O4S/c1-6-2-3-7(15(18)19)4-8(6)20-10-11-12-13-14(10)5-9(16)17/h2-4H,5H2,1H3,(H,16,17). The van der Waals surface area contributed by atoms with E-state index in [1.54, 1.807) is 13.0 Å². The van der Waals surface area contributed by atoms with Crippen molar-refractivity contribution in [2.45, 2.75) is 23.5 Å². The van der Waals surface area contributed by atoms with Crippen molar-refractivity contribution in [1.82, 2.24) is 20.2 Å². The van der Waals surface area contributed by atoms with Crippen molar-refractivity contribution in [3.63, 3.8) is 0 Å². The molecule has 0 atom stereocenters. The van der Waals surface area contributed by atoms with Gasteiger partial charge in [-0.2, -0.15) is 0 Å². The minimum atomic E-state index is -1.07. The number of nitro groups is 1. The van der Waals surface area contributed by atoms with E-state index in [1.165, 1.54) is 12.1 Å². The molecule has 1 N–H and O–H groups in total. The number of non-ortho nitro benzene ring substituents is 1. The number of aromatic nitrogens is 4. The number of carboxylic acid groups (broad SMARTS) is 1. The van der Waals surface area contributed by atoms with Crippen molar-refractivity contribution in [3.8, 4) is 0 Å². The van der Waals surface area contributed by atoms with Crippen LogP contribution in [0.5, 0.6) is 0 Å². The molecule has 1 heterocycles. The fourth-order valence-electron chi connectivity index (χ4n) is 1.41. The molecule has 0 amide bonds. The Morgan fingerprint density at radius 1 is 1.55 bits per heavy atom. The SMILES string of the molecule is Cc1ccc([N+](=O)[O-])cc1Sc1nnnn1CC(=O)O. The van der Waals surface area contributed by atoms with Crippen molar-refractivity contribution < 1.29 is 14.8 Å². The van der Waals surface area contributed by atoms with E-state index in [0.29, 0.717) is 4.90 Å². The zero-order valence-electron chi connectivity index (χ0n) is 10.3. The highest BCUT2D eigenvalue weighted by molar-refractivity contribution is 7.99. The maximum atomic E-state index is 10.8. The zero-order valence-corrected chi connectivity index (χ0v) is 11.1. The van der Waals surface area contributed by atoms with E-state index in [2.05, 4.69) is 15.5 Å². The Hall–Kier alpha value is -2.49. The van der Waals surface area contributed by atoms with E-state index < -0.39 is 10.9 Å². The number of hydrogen-bond acceptors (Lipinski definition) is 7. The lowest BCUT2D eigenvalue weighted by molar-refractivity contribution is -0.385. The molecule has 9 nitrogen and oxygen atoms in total. The molecule has 2 rings (SSSR count). The van der Waals surface area contributed by atoms with Crippen LogP contribution >= 0.6 is 11.8 Å². The molecular formula is C10H9N5O4S. The third-order valence-corrected chi connectivity index (χ3v) is 3.50. The van der Waals surface area contributed by atoms with Crippen LogP contribution in [-0.4, -0.2) is 36.2 Å². The lowest BCUT2D eigenvalue weighted by Gasteiger charge is -2.04. The fraction of sp³-hybridized carbons (Fsp3) is 0.200. The average Bonchev–Trinajstić information content (AvgIpc) is 2.78. The summed E-state index contributed by atoms with van der Waals surface area (Å²) in [4.78, 5) is 21.5. The second kappa shape index (κ2) is 5.65. The minimum absolute atomic E-state index is 0.0460. The lowest BCUT2D eigenvalue weighted by Crippen LogP contribution is -2.11. The first-order valence-electron chi connectivity index (χ1n) is 5.38. The van der Waals surface area contributed by atoms with E-state index in [4.69, 9.17) is 5.11 Å². The van der Waals surface area contributed by atoms with Crippen LogP contribution in [0.1, 0.15) is 5.56 Å². The summed E-state index contributed by atoms with van der Waals surface area (Å²) >= 11 is 1.08. The Morgan fingerprint density at radius 2 is 2.30 bits per heavy atom. The second-order valence-electron chi connectivity index (χ2n) is 3.82. The Bertz CT molecular complexity index is 671. The number of benzene rings is 1. The molecule has 0 fully saturated rings. The number of carbonyl (C=O) groups is 1. The van der Waals surface area contributed by atoms with Gasteiger partial charge in [0, 0.05) is 17.0 Å². The van der Waals surface area contributed by atoms with Crippen LogP contribution in [0, 0.1) is 17.0 Å². The largest absolute Gasteiger partial charge is 0.480 e. The van der Waals surface area contributed by atoms with Crippen LogP contribution in [0.4, 0.5) is 5.69 Å². The highest BCUT2D eigenvalue weighted by atomic mass is 32.2. The molecule has 0 spiro atoms. The number of tetrazole rings is 1. The van der Waals surface area contributed by atoms with Crippen molar-refractivity contribution in [3.05, 3.63) is 33.9 Å². The highest BCUT2D eigenvalue weighted by Gasteiger charge is 2.15. The average molecular weight is 295 g/mol. The van der Waals surface area contributed by atoms with E-state index in [0.717, 1.165) is 22.0 Å². The molecule has 0 saturated carbocycles. The van der Waals surface area contributed by atoms with Crippen molar-refractivity contribution in [1.29, 1.82) is 0 Å². The van der Waals surface area contributed by atoms with Gasteiger partial charge in [0.05, 0.1) is 4.92 Å². The van der Waals surface area contributed by atoms with Gasteiger partial charge in [0.15, 0.2) is 0 Å². The third-order valence-electron chi connectivity index (χ3n) is 2.37. The van der Waals surface area contributed by atoms with Gasteiger partial charge in [-0.3, -0.25) is 14.9 Å². The number of hydrogen-bond donors (Lipinski definition) is 1. The summed E-state index contributed by atoms with van der Waals surface area (Å²) in [5.74, 6) is -1.07. The van der Waals surface area contributed by atoms with Gasteiger partial charge in [0.2, 0.25) is 5.16 Å². The molecule has 104 valence electrons. The number of aryl methyl sites for hydroxylation is 1. The molecule has 0 aliphatic heterocycles. The number of nitrogens with zero attached hydrogens (tertiary/aromatic N) is 5. The molecule has 10 heteroatoms. The van der Waals surface area contributed by atoms with Crippen LogP contribution < -0.4 is 0 Å². The Morgan fingerprint density at radius 3 is 2.95 bits per heavy atom. The second-order valence-corrected chi connectivity index (χ2v) is 4.83. The molecule has 0 aliphatic rings. The molecule has 20 heavy (non-hydrogen) atoms. The Balaban J connectivity index is 2.30. The molecule has 0 radical (unpaired) electrons. The van der Waals surface area contributed by atoms with E-state index in [-0.39, 0.29) is 17.4 Å². The number of rotatable bonds is 5. The van der Waals surface area contributed by atoms with Crippen LogP contribution in [0.15, 0.2) is 28.3 Å². The number of aliphatic carboxylic acids is 1. The van der Waals surface area contributed by atoms with Crippen molar-refractivity contribution in [2.75, 3.05) is 0 Å². The van der Waals surface area contributed by atoms with Gasteiger partial charge < -0.3 is 5.11 Å². The molecule has 1 aromatic heterocycles. The summed E-state index contributed by atoms with van der Waals surface area (Å²) in [5, 5.41) is 30.4. The van der Waals surface area contributed by atoms with Gasteiger partial charge >= 0.3 is 5.97 Å². The topological polar surface area (TPSA) is 124 Å². The normalized spacial score (nSPS) is 10.4. The first kappa shape index (κ1) is 13.9. The zero-order chi connectivity index (χ0) is 14.7. The summed E-state index contributed by atoms with van der Waals surface area (Å²) in [6.45, 7) is 1.42. The van der Waals surface area contributed by atoms with E-state index in [1.807, 2.05) is 0 Å². The molecule has 2 aromatic rings. The number of nitro benzene ring substituents is 1. The highest BCUT2D eigenvalue weighted by Crippen LogP contribution is 2.31. The van der Waals surface area contributed by atoms with Gasteiger partial charge in [0.25, 0.3) is 5.69 Å². The monoisotopic (exact) mass is 295 g/mol. The number of carboxylic acids is 1. The van der Waals surface area contributed by atoms with E-state index >= 15 is 0 Å². The predicted octanol–water partition coefficient (Wildman–Crippen LogP) is 1.13. The Kier molecular flexibility index (Phi) is 3.94. The van der Waals surface area contributed by atoms with Crippen LogP contribution in [-0.2, 0) is 11.3 Å².